The van der Waals surface area contributed by atoms with Crippen LogP contribution in [0.3, 0.4) is 0 Å². The van der Waals surface area contributed by atoms with E-state index in [1.807, 2.05) is 12.3 Å². The third kappa shape index (κ3) is 2.29. The van der Waals surface area contributed by atoms with Crippen LogP contribution >= 0.6 is 0 Å². The number of aryl methyl sites for hydroxylation is 1. The summed E-state index contributed by atoms with van der Waals surface area (Å²) >= 11 is 0. The van der Waals surface area contributed by atoms with Gasteiger partial charge in [-0.2, -0.15) is 0 Å². The average molecular weight is 205 g/mol. The van der Waals surface area contributed by atoms with Crippen LogP contribution in [0.2, 0.25) is 0 Å². The fourth-order valence-electron chi connectivity index (χ4n) is 2.03. The topological polar surface area (TPSA) is 42.2 Å². The van der Waals surface area contributed by atoms with Gasteiger partial charge in [0.1, 0.15) is 5.82 Å². The molecule has 0 amide bonds. The van der Waals surface area contributed by atoms with Crippen molar-refractivity contribution in [2.45, 2.75) is 25.8 Å². The molecule has 1 aliphatic carbocycles. The number of hydrogen-bond donors (Lipinski definition) is 1. The minimum absolute atomic E-state index is 0.458. The Hall–Kier alpha value is -1.09. The molecule has 82 valence electrons. The highest BCUT2D eigenvalue weighted by atomic mass is 15.2. The van der Waals surface area contributed by atoms with Gasteiger partial charge in [-0.15, -0.1) is 0 Å². The Bertz CT molecular complexity index is 333. The number of likely N-dealkylation sites (N-methyl/N-ethyl adjacent to an activating group) is 1. The predicted octanol–water partition coefficient (Wildman–Crippen LogP) is 1.56. The zero-order valence-electron chi connectivity index (χ0n) is 9.48. The standard InChI is InChI=1S/C12H19N3/c1-9-5-6-14-12(7-9)15(2)11(8-13)10-3-4-10/h5-7,10-11H,3-4,8,13H2,1-2H3. The number of pyridine rings is 1. The molecule has 0 aliphatic heterocycles. The molecule has 2 rings (SSSR count). The second-order valence-corrected chi connectivity index (χ2v) is 4.44. The molecule has 1 fully saturated rings. The smallest absolute Gasteiger partial charge is 0.128 e. The zero-order valence-corrected chi connectivity index (χ0v) is 9.48. The third-order valence-corrected chi connectivity index (χ3v) is 3.17. The Labute approximate surface area is 91.3 Å². The van der Waals surface area contributed by atoms with Gasteiger partial charge >= 0.3 is 0 Å². The number of hydrogen-bond acceptors (Lipinski definition) is 3. The lowest BCUT2D eigenvalue weighted by molar-refractivity contribution is 0.566. The highest BCUT2D eigenvalue weighted by molar-refractivity contribution is 5.41. The Kier molecular flexibility index (Phi) is 2.91. The minimum atomic E-state index is 0.458. The first kappa shape index (κ1) is 10.4. The normalized spacial score (nSPS) is 17.5. The van der Waals surface area contributed by atoms with Crippen LogP contribution in [0.4, 0.5) is 5.82 Å². The maximum Gasteiger partial charge on any atom is 0.128 e. The summed E-state index contributed by atoms with van der Waals surface area (Å²) in [7, 11) is 2.09. The van der Waals surface area contributed by atoms with Crippen LogP contribution in [0.1, 0.15) is 18.4 Å². The van der Waals surface area contributed by atoms with Crippen LogP contribution in [-0.4, -0.2) is 24.6 Å². The van der Waals surface area contributed by atoms with Gasteiger partial charge in [-0.3, -0.25) is 0 Å². The van der Waals surface area contributed by atoms with E-state index in [1.54, 1.807) is 0 Å². The van der Waals surface area contributed by atoms with Gasteiger partial charge in [-0.1, -0.05) is 0 Å². The number of anilines is 1. The summed E-state index contributed by atoms with van der Waals surface area (Å²) in [5.41, 5.74) is 7.07. The van der Waals surface area contributed by atoms with Gasteiger partial charge in [-0.25, -0.2) is 4.98 Å². The second-order valence-electron chi connectivity index (χ2n) is 4.44. The molecule has 1 saturated carbocycles. The van der Waals surface area contributed by atoms with Gasteiger partial charge < -0.3 is 10.6 Å². The molecule has 1 unspecified atom stereocenters. The van der Waals surface area contributed by atoms with Crippen LogP contribution in [0.15, 0.2) is 18.3 Å². The quantitative estimate of drug-likeness (QED) is 0.811. The van der Waals surface area contributed by atoms with Crippen LogP contribution in [-0.2, 0) is 0 Å². The Morgan fingerprint density at radius 1 is 1.60 bits per heavy atom. The molecule has 1 aromatic rings. The maximum absolute atomic E-state index is 5.82. The zero-order chi connectivity index (χ0) is 10.8. The van der Waals surface area contributed by atoms with Crippen molar-refractivity contribution >= 4 is 5.82 Å². The van der Waals surface area contributed by atoms with E-state index in [4.69, 9.17) is 5.73 Å². The lowest BCUT2D eigenvalue weighted by atomic mass is 10.1. The van der Waals surface area contributed by atoms with E-state index >= 15 is 0 Å². The first-order valence-corrected chi connectivity index (χ1v) is 5.58. The van der Waals surface area contributed by atoms with Crippen LogP contribution in [0, 0.1) is 12.8 Å². The molecule has 3 nitrogen and oxygen atoms in total. The molecule has 1 heterocycles. The van der Waals surface area contributed by atoms with Gasteiger partial charge in [0.05, 0.1) is 0 Å². The van der Waals surface area contributed by atoms with Crippen molar-refractivity contribution in [1.82, 2.24) is 4.98 Å². The monoisotopic (exact) mass is 205 g/mol. The molecule has 0 radical (unpaired) electrons. The van der Waals surface area contributed by atoms with Crippen LogP contribution in [0.25, 0.3) is 0 Å². The molecular weight excluding hydrogens is 186 g/mol. The molecule has 0 spiro atoms. The Morgan fingerprint density at radius 2 is 2.33 bits per heavy atom. The maximum atomic E-state index is 5.82. The lowest BCUT2D eigenvalue weighted by Crippen LogP contribution is -2.40. The summed E-state index contributed by atoms with van der Waals surface area (Å²) in [4.78, 5) is 6.62. The molecule has 1 aromatic heterocycles. The summed E-state index contributed by atoms with van der Waals surface area (Å²) in [5.74, 6) is 1.82. The van der Waals surface area contributed by atoms with E-state index in [0.717, 1.165) is 18.3 Å². The highest BCUT2D eigenvalue weighted by Crippen LogP contribution is 2.35. The lowest BCUT2D eigenvalue weighted by Gasteiger charge is -2.28. The van der Waals surface area contributed by atoms with E-state index < -0.39 is 0 Å². The molecule has 0 saturated heterocycles. The van der Waals surface area contributed by atoms with Gasteiger partial charge in [0.15, 0.2) is 0 Å². The van der Waals surface area contributed by atoms with Gasteiger partial charge in [0.2, 0.25) is 0 Å². The second kappa shape index (κ2) is 4.19. The number of nitrogens with two attached hydrogens (primary N) is 1. The first-order valence-electron chi connectivity index (χ1n) is 5.58. The van der Waals surface area contributed by atoms with Crippen molar-refractivity contribution < 1.29 is 0 Å². The fourth-order valence-corrected chi connectivity index (χ4v) is 2.03. The van der Waals surface area contributed by atoms with Gasteiger partial charge in [0, 0.05) is 25.8 Å². The molecule has 0 bridgehead atoms. The Morgan fingerprint density at radius 3 is 2.87 bits per heavy atom. The molecular formula is C12H19N3. The van der Waals surface area contributed by atoms with Crippen molar-refractivity contribution in [3.8, 4) is 0 Å². The van der Waals surface area contributed by atoms with Gasteiger partial charge in [0.25, 0.3) is 0 Å². The molecule has 1 atom stereocenters. The summed E-state index contributed by atoms with van der Waals surface area (Å²) in [6, 6.07) is 4.59. The molecule has 15 heavy (non-hydrogen) atoms. The third-order valence-electron chi connectivity index (χ3n) is 3.17. The Balaban J connectivity index is 2.14. The minimum Gasteiger partial charge on any atom is -0.355 e. The van der Waals surface area contributed by atoms with E-state index in [1.165, 1.54) is 18.4 Å². The summed E-state index contributed by atoms with van der Waals surface area (Å²) in [5, 5.41) is 0. The predicted molar refractivity (Wildman–Crippen MR) is 62.9 cm³/mol. The van der Waals surface area contributed by atoms with E-state index in [0.29, 0.717) is 6.04 Å². The number of aromatic nitrogens is 1. The van der Waals surface area contributed by atoms with Gasteiger partial charge in [-0.05, 0) is 43.4 Å². The number of nitrogens with zero attached hydrogens (tertiary/aromatic N) is 2. The van der Waals surface area contributed by atoms with E-state index in [2.05, 4.69) is 29.9 Å². The molecule has 3 heteroatoms. The van der Waals surface area contributed by atoms with Crippen LogP contribution < -0.4 is 10.6 Å². The van der Waals surface area contributed by atoms with Crippen molar-refractivity contribution in [1.29, 1.82) is 0 Å². The largest absolute Gasteiger partial charge is 0.355 e. The highest BCUT2D eigenvalue weighted by Gasteiger charge is 2.33. The summed E-state index contributed by atoms with van der Waals surface area (Å²) in [6.07, 6.45) is 4.50. The summed E-state index contributed by atoms with van der Waals surface area (Å²) in [6.45, 7) is 2.81. The molecule has 1 aliphatic rings. The fraction of sp³-hybridized carbons (Fsp3) is 0.583. The first-order chi connectivity index (χ1) is 7.22. The number of rotatable bonds is 4. The molecule has 2 N–H and O–H groups in total. The SMILES string of the molecule is Cc1ccnc(N(C)C(CN)C2CC2)c1. The van der Waals surface area contributed by atoms with E-state index in [-0.39, 0.29) is 0 Å². The van der Waals surface area contributed by atoms with Crippen molar-refractivity contribution in [3.63, 3.8) is 0 Å². The van der Waals surface area contributed by atoms with Crippen molar-refractivity contribution in [2.75, 3.05) is 18.5 Å². The summed E-state index contributed by atoms with van der Waals surface area (Å²) < 4.78 is 0. The molecule has 0 aromatic carbocycles. The average Bonchev–Trinajstić information content (AvgIpc) is 3.03. The van der Waals surface area contributed by atoms with Crippen molar-refractivity contribution in [2.24, 2.45) is 11.7 Å². The van der Waals surface area contributed by atoms with E-state index in [9.17, 15) is 0 Å². The van der Waals surface area contributed by atoms with Crippen molar-refractivity contribution in [3.05, 3.63) is 23.9 Å². The van der Waals surface area contributed by atoms with Crippen LogP contribution in [0.5, 0.6) is 0 Å².